The number of aryl methyl sites for hydroxylation is 1. The molecule has 0 atom stereocenters. The molecular formula is C13H22N4. The van der Waals surface area contributed by atoms with Crippen LogP contribution < -0.4 is 10.6 Å². The van der Waals surface area contributed by atoms with Gasteiger partial charge < -0.3 is 10.6 Å². The second-order valence-corrected chi connectivity index (χ2v) is 4.87. The maximum Gasteiger partial charge on any atom is 0.224 e. The van der Waals surface area contributed by atoms with Gasteiger partial charge in [-0.1, -0.05) is 6.92 Å². The summed E-state index contributed by atoms with van der Waals surface area (Å²) in [6.45, 7) is 7.20. The van der Waals surface area contributed by atoms with Crippen molar-refractivity contribution in [1.82, 2.24) is 9.97 Å². The van der Waals surface area contributed by atoms with E-state index in [1.54, 1.807) is 0 Å². The van der Waals surface area contributed by atoms with Crippen molar-refractivity contribution in [3.8, 4) is 0 Å². The van der Waals surface area contributed by atoms with E-state index in [0.29, 0.717) is 5.95 Å². The third-order valence-electron chi connectivity index (χ3n) is 3.68. The van der Waals surface area contributed by atoms with Crippen molar-refractivity contribution < 1.29 is 0 Å². The van der Waals surface area contributed by atoms with E-state index in [0.717, 1.165) is 24.3 Å². The Bertz CT molecular complexity index is 379. The highest BCUT2D eigenvalue weighted by molar-refractivity contribution is 5.48. The number of nitrogens with one attached hydrogen (secondary N) is 2. The van der Waals surface area contributed by atoms with Gasteiger partial charge in [0, 0.05) is 23.8 Å². The van der Waals surface area contributed by atoms with Crippen molar-refractivity contribution in [2.75, 3.05) is 17.2 Å². The number of anilines is 2. The molecule has 2 N–H and O–H groups in total. The maximum absolute atomic E-state index is 4.54. The van der Waals surface area contributed by atoms with Crippen molar-refractivity contribution >= 4 is 11.8 Å². The minimum Gasteiger partial charge on any atom is -0.364 e. The second-order valence-electron chi connectivity index (χ2n) is 4.87. The van der Waals surface area contributed by atoms with Gasteiger partial charge in [-0.05, 0) is 39.5 Å². The first-order valence-corrected chi connectivity index (χ1v) is 6.55. The van der Waals surface area contributed by atoms with Crippen molar-refractivity contribution in [3.05, 3.63) is 11.8 Å². The van der Waals surface area contributed by atoms with E-state index in [1.165, 1.54) is 19.3 Å². The molecule has 1 heterocycles. The molecule has 0 amide bonds. The lowest BCUT2D eigenvalue weighted by Gasteiger charge is -2.42. The number of rotatable bonds is 5. The van der Waals surface area contributed by atoms with Crippen LogP contribution in [0, 0.1) is 6.92 Å². The van der Waals surface area contributed by atoms with Gasteiger partial charge in [-0.15, -0.1) is 0 Å². The van der Waals surface area contributed by atoms with Crippen LogP contribution in [-0.4, -0.2) is 22.1 Å². The van der Waals surface area contributed by atoms with E-state index >= 15 is 0 Å². The van der Waals surface area contributed by atoms with Crippen LogP contribution in [0.5, 0.6) is 0 Å². The van der Waals surface area contributed by atoms with E-state index in [4.69, 9.17) is 0 Å². The Morgan fingerprint density at radius 2 is 2.12 bits per heavy atom. The summed E-state index contributed by atoms with van der Waals surface area (Å²) in [5, 5.41) is 6.77. The summed E-state index contributed by atoms with van der Waals surface area (Å²) in [6, 6.07) is 0. The predicted octanol–water partition coefficient (Wildman–Crippen LogP) is 2.96. The first-order valence-electron chi connectivity index (χ1n) is 6.55. The highest BCUT2D eigenvalue weighted by Crippen LogP contribution is 2.38. The van der Waals surface area contributed by atoms with Gasteiger partial charge in [0.2, 0.25) is 5.95 Å². The van der Waals surface area contributed by atoms with Crippen molar-refractivity contribution in [1.29, 1.82) is 0 Å². The Morgan fingerprint density at radius 1 is 1.35 bits per heavy atom. The molecule has 0 radical (unpaired) electrons. The molecule has 0 saturated heterocycles. The lowest BCUT2D eigenvalue weighted by molar-refractivity contribution is 0.268. The largest absolute Gasteiger partial charge is 0.364 e. The lowest BCUT2D eigenvalue weighted by Crippen LogP contribution is -2.44. The fraction of sp³-hybridized carbons (Fsp3) is 0.692. The fourth-order valence-corrected chi connectivity index (χ4v) is 2.23. The lowest BCUT2D eigenvalue weighted by atomic mass is 9.75. The van der Waals surface area contributed by atoms with E-state index in [-0.39, 0.29) is 5.54 Å². The summed E-state index contributed by atoms with van der Waals surface area (Å²) in [7, 11) is 0. The molecule has 2 rings (SSSR count). The number of nitrogens with zero attached hydrogens (tertiary/aromatic N) is 2. The number of hydrogen-bond donors (Lipinski definition) is 2. The first-order chi connectivity index (χ1) is 8.19. The second kappa shape index (κ2) is 4.90. The molecule has 1 aromatic heterocycles. The number of hydrogen-bond acceptors (Lipinski definition) is 4. The Morgan fingerprint density at radius 3 is 2.65 bits per heavy atom. The minimum atomic E-state index is 0.280. The van der Waals surface area contributed by atoms with Gasteiger partial charge in [0.05, 0.1) is 0 Å². The third-order valence-corrected chi connectivity index (χ3v) is 3.68. The molecule has 1 aliphatic rings. The quantitative estimate of drug-likeness (QED) is 0.822. The Labute approximate surface area is 103 Å². The normalized spacial score (nSPS) is 17.4. The van der Waals surface area contributed by atoms with Crippen LogP contribution >= 0.6 is 0 Å². The van der Waals surface area contributed by atoms with E-state index in [9.17, 15) is 0 Å². The fourth-order valence-electron chi connectivity index (χ4n) is 2.23. The zero-order valence-electron chi connectivity index (χ0n) is 11.0. The summed E-state index contributed by atoms with van der Waals surface area (Å²) < 4.78 is 0. The molecule has 0 aromatic carbocycles. The van der Waals surface area contributed by atoms with Crippen LogP contribution in [0.4, 0.5) is 11.8 Å². The minimum absolute atomic E-state index is 0.280. The highest BCUT2D eigenvalue weighted by atomic mass is 15.2. The number of aromatic nitrogens is 2. The molecule has 0 aliphatic heterocycles. The van der Waals surface area contributed by atoms with Crippen LogP contribution in [0.1, 0.15) is 45.1 Å². The third kappa shape index (κ3) is 2.51. The smallest absolute Gasteiger partial charge is 0.224 e. The van der Waals surface area contributed by atoms with Crippen molar-refractivity contribution in [3.63, 3.8) is 0 Å². The molecule has 4 heteroatoms. The van der Waals surface area contributed by atoms with Gasteiger partial charge in [0.15, 0.2) is 0 Å². The van der Waals surface area contributed by atoms with Gasteiger partial charge in [0.1, 0.15) is 5.82 Å². The van der Waals surface area contributed by atoms with E-state index in [2.05, 4.69) is 41.4 Å². The topological polar surface area (TPSA) is 49.8 Å². The van der Waals surface area contributed by atoms with E-state index < -0.39 is 0 Å². The summed E-state index contributed by atoms with van der Waals surface area (Å²) in [5.74, 6) is 1.70. The Balaban J connectivity index is 2.16. The van der Waals surface area contributed by atoms with Crippen LogP contribution in [0.15, 0.2) is 6.20 Å². The summed E-state index contributed by atoms with van der Waals surface area (Å²) >= 11 is 0. The molecule has 1 saturated carbocycles. The average Bonchev–Trinajstić information content (AvgIpc) is 2.28. The first kappa shape index (κ1) is 12.1. The molecular weight excluding hydrogens is 212 g/mol. The Kier molecular flexibility index (Phi) is 3.50. The zero-order valence-corrected chi connectivity index (χ0v) is 11.0. The molecule has 94 valence electrons. The highest BCUT2D eigenvalue weighted by Gasteiger charge is 2.35. The molecule has 1 aromatic rings. The Hall–Kier alpha value is -1.32. The molecule has 17 heavy (non-hydrogen) atoms. The molecule has 1 aliphatic carbocycles. The maximum atomic E-state index is 4.54. The summed E-state index contributed by atoms with van der Waals surface area (Å²) in [5.41, 5.74) is 1.40. The van der Waals surface area contributed by atoms with Gasteiger partial charge in [-0.2, -0.15) is 4.98 Å². The SMILES string of the molecule is CCNc1ncc(C)c(NC2(CC)CCC2)n1. The molecule has 0 bridgehead atoms. The average molecular weight is 234 g/mol. The zero-order chi connectivity index (χ0) is 12.3. The van der Waals surface area contributed by atoms with E-state index in [1.807, 2.05) is 6.20 Å². The van der Waals surface area contributed by atoms with Crippen molar-refractivity contribution in [2.45, 2.75) is 52.0 Å². The summed E-state index contributed by atoms with van der Waals surface area (Å²) in [4.78, 5) is 8.81. The summed E-state index contributed by atoms with van der Waals surface area (Å²) in [6.07, 6.45) is 6.88. The molecule has 4 nitrogen and oxygen atoms in total. The van der Waals surface area contributed by atoms with Gasteiger partial charge >= 0.3 is 0 Å². The molecule has 0 unspecified atom stereocenters. The van der Waals surface area contributed by atoms with Crippen molar-refractivity contribution in [2.24, 2.45) is 0 Å². The standard InChI is InChI=1S/C13H22N4/c1-4-13(7-6-8-13)17-11-10(3)9-15-12(16-11)14-5-2/h9H,4-8H2,1-3H3,(H2,14,15,16,17). The molecule has 1 fully saturated rings. The van der Waals surface area contributed by atoms with Crippen LogP contribution in [0.25, 0.3) is 0 Å². The van der Waals surface area contributed by atoms with Gasteiger partial charge in [0.25, 0.3) is 0 Å². The van der Waals surface area contributed by atoms with Gasteiger partial charge in [-0.3, -0.25) is 0 Å². The van der Waals surface area contributed by atoms with Crippen LogP contribution in [-0.2, 0) is 0 Å². The predicted molar refractivity (Wildman–Crippen MR) is 71.4 cm³/mol. The monoisotopic (exact) mass is 234 g/mol. The van der Waals surface area contributed by atoms with Crippen LogP contribution in [0.2, 0.25) is 0 Å². The molecule has 0 spiro atoms. The van der Waals surface area contributed by atoms with Crippen LogP contribution in [0.3, 0.4) is 0 Å². The van der Waals surface area contributed by atoms with Gasteiger partial charge in [-0.25, -0.2) is 4.98 Å².